The summed E-state index contributed by atoms with van der Waals surface area (Å²) in [5, 5.41) is 7.28. The van der Waals surface area contributed by atoms with Crippen molar-refractivity contribution in [2.75, 3.05) is 7.11 Å². The molecule has 0 aliphatic heterocycles. The van der Waals surface area contributed by atoms with Crippen molar-refractivity contribution in [3.63, 3.8) is 0 Å². The molecule has 20 heavy (non-hydrogen) atoms. The summed E-state index contributed by atoms with van der Waals surface area (Å²) in [5.74, 6) is 0.718. The molecule has 0 aromatic heterocycles. The first kappa shape index (κ1) is 13.7. The molecule has 0 N–H and O–H groups in total. The van der Waals surface area contributed by atoms with E-state index in [2.05, 4.69) is 10.2 Å². The lowest BCUT2D eigenvalue weighted by molar-refractivity contribution is 0.149. The van der Waals surface area contributed by atoms with E-state index in [-0.39, 0.29) is 6.61 Å². The van der Waals surface area contributed by atoms with Gasteiger partial charge in [-0.2, -0.15) is 0 Å². The van der Waals surface area contributed by atoms with Crippen LogP contribution in [0.4, 0.5) is 10.5 Å². The van der Waals surface area contributed by atoms with Crippen LogP contribution in [0.1, 0.15) is 5.56 Å². The topological polar surface area (TPSA) is 60.2 Å². The standard InChI is InChI=1S/C15H14N2O3/c1-19-14-9-7-13(8-10-14)16-17-15(18)20-11-12-5-3-2-4-6-12/h2-10H,11H2,1H3. The summed E-state index contributed by atoms with van der Waals surface area (Å²) in [6, 6.07) is 16.3. The summed E-state index contributed by atoms with van der Waals surface area (Å²) in [5.41, 5.74) is 1.46. The van der Waals surface area contributed by atoms with Crippen LogP contribution in [-0.2, 0) is 11.3 Å². The van der Waals surface area contributed by atoms with Crippen LogP contribution in [0.3, 0.4) is 0 Å². The van der Waals surface area contributed by atoms with Crippen LogP contribution >= 0.6 is 0 Å². The van der Waals surface area contributed by atoms with E-state index < -0.39 is 6.09 Å². The van der Waals surface area contributed by atoms with Crippen molar-refractivity contribution >= 4 is 11.8 Å². The Morgan fingerprint density at radius 2 is 1.75 bits per heavy atom. The molecule has 0 saturated carbocycles. The number of benzene rings is 2. The Bertz CT molecular complexity index is 580. The van der Waals surface area contributed by atoms with E-state index in [1.807, 2.05) is 30.3 Å². The SMILES string of the molecule is COc1ccc(N=NC(=O)OCc2ccccc2)cc1. The van der Waals surface area contributed by atoms with Gasteiger partial charge in [-0.15, -0.1) is 5.11 Å². The molecule has 0 heterocycles. The molecule has 0 aliphatic rings. The predicted octanol–water partition coefficient (Wildman–Crippen LogP) is 4.12. The lowest BCUT2D eigenvalue weighted by Crippen LogP contribution is -1.98. The number of azo groups is 1. The fourth-order valence-electron chi connectivity index (χ4n) is 1.50. The van der Waals surface area contributed by atoms with Gasteiger partial charge in [0.2, 0.25) is 0 Å². The Balaban J connectivity index is 1.85. The van der Waals surface area contributed by atoms with Crippen LogP contribution in [0.5, 0.6) is 5.75 Å². The monoisotopic (exact) mass is 270 g/mol. The van der Waals surface area contributed by atoms with Crippen molar-refractivity contribution in [2.24, 2.45) is 10.2 Å². The minimum atomic E-state index is -0.718. The van der Waals surface area contributed by atoms with E-state index in [0.717, 1.165) is 11.3 Å². The molecule has 5 heteroatoms. The number of nitrogens with zero attached hydrogens (tertiary/aromatic N) is 2. The lowest BCUT2D eigenvalue weighted by Gasteiger charge is -2.00. The second-order valence-electron chi connectivity index (χ2n) is 3.94. The third kappa shape index (κ3) is 4.20. The van der Waals surface area contributed by atoms with E-state index in [4.69, 9.17) is 9.47 Å². The van der Waals surface area contributed by atoms with Crippen molar-refractivity contribution in [3.05, 3.63) is 60.2 Å². The second kappa shape index (κ2) is 7.04. The zero-order valence-corrected chi connectivity index (χ0v) is 11.0. The number of ether oxygens (including phenoxy) is 2. The average Bonchev–Trinajstić information content (AvgIpc) is 2.52. The van der Waals surface area contributed by atoms with E-state index in [0.29, 0.717) is 5.69 Å². The second-order valence-corrected chi connectivity index (χ2v) is 3.94. The van der Waals surface area contributed by atoms with Gasteiger partial charge >= 0.3 is 6.09 Å². The molecule has 0 atom stereocenters. The molecule has 0 bridgehead atoms. The van der Waals surface area contributed by atoms with Crippen LogP contribution in [0.2, 0.25) is 0 Å². The summed E-state index contributed by atoms with van der Waals surface area (Å²) >= 11 is 0. The van der Waals surface area contributed by atoms with Gasteiger partial charge in [-0.05, 0) is 29.8 Å². The van der Waals surface area contributed by atoms with Crippen LogP contribution in [-0.4, -0.2) is 13.2 Å². The average molecular weight is 270 g/mol. The van der Waals surface area contributed by atoms with Gasteiger partial charge in [-0.25, -0.2) is 4.79 Å². The predicted molar refractivity (Wildman–Crippen MR) is 74.1 cm³/mol. The summed E-state index contributed by atoms with van der Waals surface area (Å²) in [6.45, 7) is 0.182. The number of carbonyl (C=O) groups excluding carboxylic acids is 1. The maximum Gasteiger partial charge on any atom is 0.452 e. The van der Waals surface area contributed by atoms with Gasteiger partial charge in [0.15, 0.2) is 0 Å². The number of hydrogen-bond acceptors (Lipinski definition) is 4. The molecule has 1 amide bonds. The first-order valence-corrected chi connectivity index (χ1v) is 6.04. The normalized spacial score (nSPS) is 10.4. The molecule has 0 saturated heterocycles. The van der Waals surface area contributed by atoms with Gasteiger partial charge in [-0.3, -0.25) is 0 Å². The maximum atomic E-state index is 11.4. The van der Waals surface area contributed by atoms with Gasteiger partial charge in [0, 0.05) is 0 Å². The number of rotatable bonds is 4. The molecule has 0 spiro atoms. The van der Waals surface area contributed by atoms with Gasteiger partial charge in [0.05, 0.1) is 12.8 Å². The fraction of sp³-hybridized carbons (Fsp3) is 0.133. The van der Waals surface area contributed by atoms with Crippen molar-refractivity contribution in [1.82, 2.24) is 0 Å². The smallest absolute Gasteiger partial charge is 0.452 e. The highest BCUT2D eigenvalue weighted by molar-refractivity contribution is 5.68. The number of amides is 1. The molecule has 2 rings (SSSR count). The Kier molecular flexibility index (Phi) is 4.83. The zero-order chi connectivity index (χ0) is 14.2. The third-order valence-electron chi connectivity index (χ3n) is 2.52. The van der Waals surface area contributed by atoms with Crippen LogP contribution in [0.25, 0.3) is 0 Å². The molecule has 0 fully saturated rings. The summed E-state index contributed by atoms with van der Waals surface area (Å²) in [4.78, 5) is 11.4. The first-order valence-electron chi connectivity index (χ1n) is 6.04. The van der Waals surface area contributed by atoms with E-state index in [9.17, 15) is 4.79 Å². The molecule has 2 aromatic carbocycles. The van der Waals surface area contributed by atoms with Gasteiger partial charge in [0.25, 0.3) is 0 Å². The molecule has 0 aliphatic carbocycles. The van der Waals surface area contributed by atoms with Gasteiger partial charge < -0.3 is 9.47 Å². The van der Waals surface area contributed by atoms with Crippen LogP contribution < -0.4 is 4.74 Å². The van der Waals surface area contributed by atoms with Crippen molar-refractivity contribution in [1.29, 1.82) is 0 Å². The fourth-order valence-corrected chi connectivity index (χ4v) is 1.50. The summed E-state index contributed by atoms with van der Waals surface area (Å²) in [6.07, 6.45) is -0.718. The number of carbonyl (C=O) groups is 1. The third-order valence-corrected chi connectivity index (χ3v) is 2.52. The molecule has 5 nitrogen and oxygen atoms in total. The molecular weight excluding hydrogens is 256 g/mol. The minimum absolute atomic E-state index is 0.182. The van der Waals surface area contributed by atoms with Crippen LogP contribution in [0, 0.1) is 0 Å². The lowest BCUT2D eigenvalue weighted by atomic mass is 10.2. The molecule has 102 valence electrons. The largest absolute Gasteiger partial charge is 0.497 e. The van der Waals surface area contributed by atoms with E-state index in [1.165, 1.54) is 0 Å². The van der Waals surface area contributed by atoms with Crippen LogP contribution in [0.15, 0.2) is 64.8 Å². The molecule has 0 radical (unpaired) electrons. The molecule has 0 unspecified atom stereocenters. The highest BCUT2D eigenvalue weighted by Crippen LogP contribution is 2.18. The molecule has 2 aromatic rings. The highest BCUT2D eigenvalue weighted by Gasteiger charge is 2.00. The highest BCUT2D eigenvalue weighted by atomic mass is 16.5. The molecular formula is C15H14N2O3. The minimum Gasteiger partial charge on any atom is -0.497 e. The number of methoxy groups -OCH3 is 1. The van der Waals surface area contributed by atoms with Gasteiger partial charge in [0.1, 0.15) is 12.4 Å². The summed E-state index contributed by atoms with van der Waals surface area (Å²) in [7, 11) is 1.58. The van der Waals surface area contributed by atoms with E-state index in [1.54, 1.807) is 31.4 Å². The Hall–Kier alpha value is -2.69. The Labute approximate surface area is 116 Å². The van der Waals surface area contributed by atoms with Gasteiger partial charge in [-0.1, -0.05) is 35.4 Å². The first-order chi connectivity index (χ1) is 9.78. The quantitative estimate of drug-likeness (QED) is 0.785. The van der Waals surface area contributed by atoms with Crippen molar-refractivity contribution in [3.8, 4) is 5.75 Å². The van der Waals surface area contributed by atoms with Crippen molar-refractivity contribution < 1.29 is 14.3 Å². The Morgan fingerprint density at radius 1 is 1.05 bits per heavy atom. The maximum absolute atomic E-state index is 11.4. The number of hydrogen-bond donors (Lipinski definition) is 0. The summed E-state index contributed by atoms with van der Waals surface area (Å²) < 4.78 is 9.99. The van der Waals surface area contributed by atoms with E-state index >= 15 is 0 Å². The zero-order valence-electron chi connectivity index (χ0n) is 11.0. The Morgan fingerprint density at radius 3 is 2.40 bits per heavy atom. The van der Waals surface area contributed by atoms with Crippen molar-refractivity contribution in [2.45, 2.75) is 6.61 Å².